The van der Waals surface area contributed by atoms with Gasteiger partial charge in [0.15, 0.2) is 0 Å². The number of hydrogen-bond donors (Lipinski definition) is 1. The first-order valence-corrected chi connectivity index (χ1v) is 8.89. The molecular formula is C20H20N6O. The molecule has 4 rings (SSSR count). The second-order valence-corrected chi connectivity index (χ2v) is 6.25. The molecule has 27 heavy (non-hydrogen) atoms. The van der Waals surface area contributed by atoms with Gasteiger partial charge in [-0.25, -0.2) is 15.0 Å². The van der Waals surface area contributed by atoms with Crippen molar-refractivity contribution in [2.75, 3.05) is 41.3 Å². The number of piperazine rings is 1. The van der Waals surface area contributed by atoms with Crippen LogP contribution in [-0.4, -0.2) is 47.0 Å². The largest absolute Gasteiger partial charge is 0.353 e. The summed E-state index contributed by atoms with van der Waals surface area (Å²) in [5, 5.41) is 2.87. The highest BCUT2D eigenvalue weighted by atomic mass is 16.1. The molecule has 7 heteroatoms. The number of nitrogens with zero attached hydrogens (tertiary/aromatic N) is 5. The van der Waals surface area contributed by atoms with Gasteiger partial charge in [-0.05, 0) is 30.3 Å². The SMILES string of the molecule is O=C(Nc1ccc(N2CCN(c3ncccn3)CC2)nc1)c1ccccc1. The van der Waals surface area contributed by atoms with E-state index in [2.05, 4.69) is 30.1 Å². The normalized spacial score (nSPS) is 14.1. The zero-order valence-corrected chi connectivity index (χ0v) is 14.8. The number of pyridine rings is 1. The van der Waals surface area contributed by atoms with Crippen molar-refractivity contribution >= 4 is 23.4 Å². The lowest BCUT2D eigenvalue weighted by Gasteiger charge is -2.35. The van der Waals surface area contributed by atoms with E-state index in [1.807, 2.05) is 36.4 Å². The van der Waals surface area contributed by atoms with Gasteiger partial charge in [-0.3, -0.25) is 4.79 Å². The topological polar surface area (TPSA) is 74.2 Å². The summed E-state index contributed by atoms with van der Waals surface area (Å²) in [5.74, 6) is 1.53. The van der Waals surface area contributed by atoms with Gasteiger partial charge in [0.25, 0.3) is 5.91 Å². The highest BCUT2D eigenvalue weighted by Crippen LogP contribution is 2.18. The van der Waals surface area contributed by atoms with E-state index in [-0.39, 0.29) is 5.91 Å². The summed E-state index contributed by atoms with van der Waals surface area (Å²) >= 11 is 0. The third kappa shape index (κ3) is 4.03. The minimum absolute atomic E-state index is 0.137. The fraction of sp³-hybridized carbons (Fsp3) is 0.200. The maximum Gasteiger partial charge on any atom is 0.255 e. The van der Waals surface area contributed by atoms with Gasteiger partial charge in [0.1, 0.15) is 5.82 Å². The summed E-state index contributed by atoms with van der Waals surface area (Å²) in [4.78, 5) is 29.7. The molecule has 136 valence electrons. The van der Waals surface area contributed by atoms with Crippen molar-refractivity contribution in [1.29, 1.82) is 0 Å². The number of carbonyl (C=O) groups excluding carboxylic acids is 1. The van der Waals surface area contributed by atoms with Crippen LogP contribution >= 0.6 is 0 Å². The summed E-state index contributed by atoms with van der Waals surface area (Å²) in [6, 6.07) is 14.8. The first kappa shape index (κ1) is 17.0. The molecule has 0 radical (unpaired) electrons. The highest BCUT2D eigenvalue weighted by Gasteiger charge is 2.19. The van der Waals surface area contributed by atoms with Crippen molar-refractivity contribution in [3.63, 3.8) is 0 Å². The van der Waals surface area contributed by atoms with Gasteiger partial charge >= 0.3 is 0 Å². The molecule has 1 fully saturated rings. The van der Waals surface area contributed by atoms with Gasteiger partial charge in [-0.15, -0.1) is 0 Å². The maximum atomic E-state index is 12.2. The summed E-state index contributed by atoms with van der Waals surface area (Å²) in [6.45, 7) is 3.39. The van der Waals surface area contributed by atoms with Gasteiger partial charge in [-0.1, -0.05) is 18.2 Å². The lowest BCUT2D eigenvalue weighted by Crippen LogP contribution is -2.47. The predicted octanol–water partition coefficient (Wildman–Crippen LogP) is 2.45. The van der Waals surface area contributed by atoms with Crippen LogP contribution in [0.4, 0.5) is 17.5 Å². The number of benzene rings is 1. The van der Waals surface area contributed by atoms with E-state index in [0.29, 0.717) is 11.3 Å². The summed E-state index contributed by atoms with van der Waals surface area (Å²) in [7, 11) is 0. The molecule has 1 saturated heterocycles. The third-order valence-corrected chi connectivity index (χ3v) is 4.48. The Bertz CT molecular complexity index is 877. The molecule has 1 amide bonds. The van der Waals surface area contributed by atoms with Crippen LogP contribution in [0.2, 0.25) is 0 Å². The van der Waals surface area contributed by atoms with E-state index >= 15 is 0 Å². The van der Waals surface area contributed by atoms with Crippen LogP contribution in [0.1, 0.15) is 10.4 Å². The van der Waals surface area contributed by atoms with Crippen LogP contribution in [-0.2, 0) is 0 Å². The second-order valence-electron chi connectivity index (χ2n) is 6.25. The number of hydrogen-bond acceptors (Lipinski definition) is 6. The van der Waals surface area contributed by atoms with Crippen LogP contribution < -0.4 is 15.1 Å². The smallest absolute Gasteiger partial charge is 0.255 e. The Morgan fingerprint density at radius 3 is 2.19 bits per heavy atom. The Morgan fingerprint density at radius 1 is 0.815 bits per heavy atom. The molecular weight excluding hydrogens is 340 g/mol. The molecule has 1 aliphatic heterocycles. The zero-order chi connectivity index (χ0) is 18.5. The second kappa shape index (κ2) is 7.82. The van der Waals surface area contributed by atoms with Crippen molar-refractivity contribution in [1.82, 2.24) is 15.0 Å². The van der Waals surface area contributed by atoms with Gasteiger partial charge in [-0.2, -0.15) is 0 Å². The maximum absolute atomic E-state index is 12.2. The zero-order valence-electron chi connectivity index (χ0n) is 14.8. The Kier molecular flexibility index (Phi) is 4.91. The third-order valence-electron chi connectivity index (χ3n) is 4.48. The molecule has 7 nitrogen and oxygen atoms in total. The molecule has 0 unspecified atom stereocenters. The van der Waals surface area contributed by atoms with Crippen molar-refractivity contribution in [3.8, 4) is 0 Å². The Labute approximate surface area is 157 Å². The van der Waals surface area contributed by atoms with Crippen molar-refractivity contribution in [3.05, 3.63) is 72.7 Å². The summed E-state index contributed by atoms with van der Waals surface area (Å²) in [5.41, 5.74) is 1.31. The number of anilines is 3. The molecule has 3 heterocycles. The molecule has 1 aliphatic rings. The van der Waals surface area contributed by atoms with Crippen LogP contribution in [0.3, 0.4) is 0 Å². The Balaban J connectivity index is 1.35. The molecule has 2 aromatic heterocycles. The fourth-order valence-electron chi connectivity index (χ4n) is 3.03. The van der Waals surface area contributed by atoms with E-state index in [0.717, 1.165) is 37.9 Å². The molecule has 1 aromatic carbocycles. The molecule has 0 atom stereocenters. The van der Waals surface area contributed by atoms with E-state index in [1.165, 1.54) is 0 Å². The van der Waals surface area contributed by atoms with Crippen molar-refractivity contribution in [2.24, 2.45) is 0 Å². The standard InChI is InChI=1S/C20H20N6O/c27-19(16-5-2-1-3-6-16)24-17-7-8-18(23-15-17)25-11-13-26(14-12-25)20-21-9-4-10-22-20/h1-10,15H,11-14H2,(H,24,27). The lowest BCUT2D eigenvalue weighted by molar-refractivity contribution is 0.102. The first-order valence-electron chi connectivity index (χ1n) is 8.89. The number of amides is 1. The average molecular weight is 360 g/mol. The summed E-state index contributed by atoms with van der Waals surface area (Å²) in [6.07, 6.45) is 5.22. The number of nitrogens with one attached hydrogen (secondary N) is 1. The van der Waals surface area contributed by atoms with Crippen LogP contribution in [0.25, 0.3) is 0 Å². The van der Waals surface area contributed by atoms with Gasteiger partial charge < -0.3 is 15.1 Å². The molecule has 1 N–H and O–H groups in total. The van der Waals surface area contributed by atoms with Crippen LogP contribution in [0, 0.1) is 0 Å². The lowest BCUT2D eigenvalue weighted by atomic mass is 10.2. The fourth-order valence-corrected chi connectivity index (χ4v) is 3.03. The Morgan fingerprint density at radius 2 is 1.52 bits per heavy atom. The van der Waals surface area contributed by atoms with E-state index < -0.39 is 0 Å². The molecule has 3 aromatic rings. The number of carbonyl (C=O) groups is 1. The van der Waals surface area contributed by atoms with E-state index in [9.17, 15) is 4.79 Å². The van der Waals surface area contributed by atoms with Crippen LogP contribution in [0.5, 0.6) is 0 Å². The minimum atomic E-state index is -0.137. The first-order chi connectivity index (χ1) is 13.3. The molecule has 0 saturated carbocycles. The van der Waals surface area contributed by atoms with Gasteiger partial charge in [0, 0.05) is 44.1 Å². The monoisotopic (exact) mass is 360 g/mol. The number of rotatable bonds is 4. The summed E-state index contributed by atoms with van der Waals surface area (Å²) < 4.78 is 0. The average Bonchev–Trinajstić information content (AvgIpc) is 2.76. The van der Waals surface area contributed by atoms with Gasteiger partial charge in [0.05, 0.1) is 11.9 Å². The van der Waals surface area contributed by atoms with Crippen molar-refractivity contribution < 1.29 is 4.79 Å². The molecule has 0 aliphatic carbocycles. The molecule has 0 spiro atoms. The quantitative estimate of drug-likeness (QED) is 0.770. The molecule has 0 bridgehead atoms. The minimum Gasteiger partial charge on any atom is -0.353 e. The van der Waals surface area contributed by atoms with Gasteiger partial charge in [0.2, 0.25) is 5.95 Å². The number of aromatic nitrogens is 3. The highest BCUT2D eigenvalue weighted by molar-refractivity contribution is 6.04. The van der Waals surface area contributed by atoms with Crippen molar-refractivity contribution in [2.45, 2.75) is 0 Å². The predicted molar refractivity (Wildman–Crippen MR) is 105 cm³/mol. The van der Waals surface area contributed by atoms with E-state index in [1.54, 1.807) is 30.7 Å². The van der Waals surface area contributed by atoms with E-state index in [4.69, 9.17) is 0 Å². The Hall–Kier alpha value is -3.48. The van der Waals surface area contributed by atoms with Crippen LogP contribution in [0.15, 0.2) is 67.1 Å².